The number of carboxylic acid groups (broad SMARTS) is 1. The lowest BCUT2D eigenvalue weighted by molar-refractivity contribution is 0.0696. The van der Waals surface area contributed by atoms with Crippen LogP contribution in [0.2, 0.25) is 0 Å². The van der Waals surface area contributed by atoms with Gasteiger partial charge in [0.2, 0.25) is 0 Å². The standard InChI is InChI=1S/C13H17NO2S/c1-9-7-11(3-4-12(9)13(15)16)14-5-6-17-10(2)8-14/h3-4,7,10H,5-6,8H2,1-2H3,(H,15,16). The molecule has 0 aliphatic carbocycles. The Balaban J connectivity index is 2.22. The summed E-state index contributed by atoms with van der Waals surface area (Å²) in [5.41, 5.74) is 2.37. The smallest absolute Gasteiger partial charge is 0.335 e. The molecule has 92 valence electrons. The molecule has 0 aromatic heterocycles. The lowest BCUT2D eigenvalue weighted by Crippen LogP contribution is -2.36. The van der Waals surface area contributed by atoms with Crippen molar-refractivity contribution in [1.29, 1.82) is 0 Å². The van der Waals surface area contributed by atoms with Gasteiger partial charge in [-0.1, -0.05) is 6.92 Å². The Hall–Kier alpha value is -1.16. The molecule has 1 aromatic rings. The van der Waals surface area contributed by atoms with E-state index in [9.17, 15) is 4.79 Å². The van der Waals surface area contributed by atoms with Gasteiger partial charge in [0.15, 0.2) is 0 Å². The van der Waals surface area contributed by atoms with E-state index in [1.165, 1.54) is 0 Å². The van der Waals surface area contributed by atoms with Crippen molar-refractivity contribution in [3.63, 3.8) is 0 Å². The van der Waals surface area contributed by atoms with Crippen LogP contribution in [-0.2, 0) is 0 Å². The summed E-state index contributed by atoms with van der Waals surface area (Å²) in [4.78, 5) is 13.3. The van der Waals surface area contributed by atoms with E-state index in [1.54, 1.807) is 6.07 Å². The van der Waals surface area contributed by atoms with Crippen LogP contribution in [0.3, 0.4) is 0 Å². The zero-order valence-electron chi connectivity index (χ0n) is 10.1. The molecule has 1 saturated heterocycles. The zero-order chi connectivity index (χ0) is 12.4. The van der Waals surface area contributed by atoms with Crippen LogP contribution in [0, 0.1) is 6.92 Å². The molecule has 2 rings (SSSR count). The van der Waals surface area contributed by atoms with E-state index in [-0.39, 0.29) is 0 Å². The van der Waals surface area contributed by atoms with Gasteiger partial charge in [-0.25, -0.2) is 4.79 Å². The molecule has 0 bridgehead atoms. The average molecular weight is 251 g/mol. The fourth-order valence-corrected chi connectivity index (χ4v) is 3.15. The van der Waals surface area contributed by atoms with Crippen LogP contribution in [0.5, 0.6) is 0 Å². The molecule has 17 heavy (non-hydrogen) atoms. The third-order valence-electron chi connectivity index (χ3n) is 3.05. The Morgan fingerprint density at radius 3 is 2.88 bits per heavy atom. The molecule has 1 aliphatic heterocycles. The second-order valence-electron chi connectivity index (χ2n) is 4.43. The molecule has 0 radical (unpaired) electrons. The molecule has 0 saturated carbocycles. The highest BCUT2D eigenvalue weighted by Gasteiger charge is 2.18. The van der Waals surface area contributed by atoms with Gasteiger partial charge in [0.05, 0.1) is 5.56 Å². The van der Waals surface area contributed by atoms with Crippen LogP contribution in [0.4, 0.5) is 5.69 Å². The molecule has 1 unspecified atom stereocenters. The molecule has 1 N–H and O–H groups in total. The molecule has 3 nitrogen and oxygen atoms in total. The van der Waals surface area contributed by atoms with Gasteiger partial charge in [0.25, 0.3) is 0 Å². The van der Waals surface area contributed by atoms with Crippen LogP contribution in [-0.4, -0.2) is 35.2 Å². The average Bonchev–Trinajstić information content (AvgIpc) is 2.28. The highest BCUT2D eigenvalue weighted by atomic mass is 32.2. The summed E-state index contributed by atoms with van der Waals surface area (Å²) in [6.07, 6.45) is 0. The van der Waals surface area contributed by atoms with E-state index >= 15 is 0 Å². The van der Waals surface area contributed by atoms with Gasteiger partial charge >= 0.3 is 5.97 Å². The number of benzene rings is 1. The van der Waals surface area contributed by atoms with Crippen molar-refractivity contribution in [1.82, 2.24) is 0 Å². The molecule has 4 heteroatoms. The van der Waals surface area contributed by atoms with E-state index in [1.807, 2.05) is 30.8 Å². The quantitative estimate of drug-likeness (QED) is 0.877. The molecule has 0 amide bonds. The molecule has 1 atom stereocenters. The van der Waals surface area contributed by atoms with Crippen LogP contribution in [0.1, 0.15) is 22.8 Å². The Kier molecular flexibility index (Phi) is 3.62. The first-order chi connectivity index (χ1) is 8.08. The van der Waals surface area contributed by atoms with Gasteiger partial charge < -0.3 is 10.0 Å². The summed E-state index contributed by atoms with van der Waals surface area (Å²) in [5, 5.41) is 9.63. The Labute approximate surface area is 106 Å². The fraction of sp³-hybridized carbons (Fsp3) is 0.462. The maximum atomic E-state index is 10.9. The van der Waals surface area contributed by atoms with Crippen LogP contribution in [0.15, 0.2) is 18.2 Å². The van der Waals surface area contributed by atoms with Crippen molar-refractivity contribution in [3.8, 4) is 0 Å². The zero-order valence-corrected chi connectivity index (χ0v) is 11.0. The van der Waals surface area contributed by atoms with E-state index < -0.39 is 5.97 Å². The van der Waals surface area contributed by atoms with Gasteiger partial charge in [0, 0.05) is 29.8 Å². The highest BCUT2D eigenvalue weighted by molar-refractivity contribution is 8.00. The maximum Gasteiger partial charge on any atom is 0.335 e. The van der Waals surface area contributed by atoms with Gasteiger partial charge in [-0.3, -0.25) is 0 Å². The Bertz CT molecular complexity index is 433. The van der Waals surface area contributed by atoms with Crippen molar-refractivity contribution < 1.29 is 9.90 Å². The van der Waals surface area contributed by atoms with Crippen molar-refractivity contribution in [2.24, 2.45) is 0 Å². The fourth-order valence-electron chi connectivity index (χ4n) is 2.14. The molecule has 1 aromatic carbocycles. The number of hydrogen-bond donors (Lipinski definition) is 1. The lowest BCUT2D eigenvalue weighted by Gasteiger charge is -2.32. The summed E-state index contributed by atoms with van der Waals surface area (Å²) in [6.45, 7) is 6.17. The number of aryl methyl sites for hydroxylation is 1. The Morgan fingerprint density at radius 2 is 2.29 bits per heavy atom. The second kappa shape index (κ2) is 5.00. The number of carboxylic acids is 1. The van der Waals surface area contributed by atoms with Crippen LogP contribution in [0.25, 0.3) is 0 Å². The number of aromatic carboxylic acids is 1. The first kappa shape index (κ1) is 12.3. The number of hydrogen-bond acceptors (Lipinski definition) is 3. The van der Waals surface area contributed by atoms with E-state index in [0.717, 1.165) is 30.1 Å². The van der Waals surface area contributed by atoms with Gasteiger partial charge in [-0.15, -0.1) is 0 Å². The van der Waals surface area contributed by atoms with Gasteiger partial charge in [0.1, 0.15) is 0 Å². The van der Waals surface area contributed by atoms with Crippen molar-refractivity contribution in [2.75, 3.05) is 23.7 Å². The summed E-state index contributed by atoms with van der Waals surface area (Å²) < 4.78 is 0. The first-order valence-electron chi connectivity index (χ1n) is 5.78. The van der Waals surface area contributed by atoms with Gasteiger partial charge in [-0.05, 0) is 30.7 Å². The predicted molar refractivity (Wildman–Crippen MR) is 72.3 cm³/mol. The lowest BCUT2D eigenvalue weighted by atomic mass is 10.1. The van der Waals surface area contributed by atoms with Crippen LogP contribution >= 0.6 is 11.8 Å². The number of anilines is 1. The number of carbonyl (C=O) groups is 1. The van der Waals surface area contributed by atoms with Crippen molar-refractivity contribution in [2.45, 2.75) is 19.1 Å². The van der Waals surface area contributed by atoms with Crippen molar-refractivity contribution in [3.05, 3.63) is 29.3 Å². The number of thioether (sulfide) groups is 1. The third kappa shape index (κ3) is 2.75. The minimum absolute atomic E-state index is 0.396. The minimum atomic E-state index is -0.850. The summed E-state index contributed by atoms with van der Waals surface area (Å²) in [5.74, 6) is 0.289. The number of nitrogens with zero attached hydrogens (tertiary/aromatic N) is 1. The monoisotopic (exact) mass is 251 g/mol. The maximum absolute atomic E-state index is 10.9. The topological polar surface area (TPSA) is 40.5 Å². The normalized spacial score (nSPS) is 20.4. The SMILES string of the molecule is Cc1cc(N2CCSC(C)C2)ccc1C(=O)O. The molecular weight excluding hydrogens is 234 g/mol. The summed E-state index contributed by atoms with van der Waals surface area (Å²) in [7, 11) is 0. The Morgan fingerprint density at radius 1 is 1.53 bits per heavy atom. The minimum Gasteiger partial charge on any atom is -0.478 e. The molecule has 1 heterocycles. The van der Waals surface area contributed by atoms with E-state index in [4.69, 9.17) is 5.11 Å². The largest absolute Gasteiger partial charge is 0.478 e. The summed E-state index contributed by atoms with van der Waals surface area (Å²) >= 11 is 1.99. The number of rotatable bonds is 2. The molecular formula is C13H17NO2S. The molecule has 1 fully saturated rings. The van der Waals surface area contributed by atoms with E-state index in [0.29, 0.717) is 10.8 Å². The predicted octanol–water partition coefficient (Wildman–Crippen LogP) is 2.63. The van der Waals surface area contributed by atoms with Crippen LogP contribution < -0.4 is 4.90 Å². The van der Waals surface area contributed by atoms with E-state index in [2.05, 4.69) is 11.8 Å². The second-order valence-corrected chi connectivity index (χ2v) is 5.98. The summed E-state index contributed by atoms with van der Waals surface area (Å²) in [6, 6.07) is 5.60. The first-order valence-corrected chi connectivity index (χ1v) is 6.83. The third-order valence-corrected chi connectivity index (χ3v) is 4.18. The molecule has 0 spiro atoms. The highest BCUT2D eigenvalue weighted by Crippen LogP contribution is 2.25. The van der Waals surface area contributed by atoms with Crippen molar-refractivity contribution >= 4 is 23.4 Å². The molecule has 1 aliphatic rings. The van der Waals surface area contributed by atoms with Gasteiger partial charge in [-0.2, -0.15) is 11.8 Å².